The third-order valence-electron chi connectivity index (χ3n) is 8.53. The maximum atomic E-state index is 12.4. The molecule has 0 bridgehead atoms. The van der Waals surface area contributed by atoms with Gasteiger partial charge < -0.3 is 19.3 Å². The first-order valence-corrected chi connectivity index (χ1v) is 21.0. The molecule has 0 amide bonds. The van der Waals surface area contributed by atoms with E-state index in [1.165, 1.54) is 116 Å². The van der Waals surface area contributed by atoms with Crippen LogP contribution in [-0.4, -0.2) is 41.0 Å². The molecule has 0 aromatic carbocycles. The van der Waals surface area contributed by atoms with Crippen molar-refractivity contribution >= 4 is 19.8 Å². The van der Waals surface area contributed by atoms with Gasteiger partial charge in [-0.25, -0.2) is 4.57 Å². The fraction of sp³-hybridized carbons (Fsp3) is 0.895. The molecule has 0 aliphatic rings. The predicted octanol–water partition coefficient (Wildman–Crippen LogP) is 11.5. The lowest BCUT2D eigenvalue weighted by atomic mass is 10.0. The van der Waals surface area contributed by atoms with Gasteiger partial charge in [0.1, 0.15) is 6.61 Å². The Morgan fingerprint density at radius 1 is 0.532 bits per heavy atom. The Bertz CT molecular complexity index is 782. The number of carbonyl (C=O) groups excluding carboxylic acids is 2. The molecular weight excluding hydrogens is 615 g/mol. The lowest BCUT2D eigenvalue weighted by Crippen LogP contribution is -2.29. The van der Waals surface area contributed by atoms with E-state index in [0.717, 1.165) is 44.9 Å². The highest BCUT2D eigenvalue weighted by Gasteiger charge is 2.22. The summed E-state index contributed by atoms with van der Waals surface area (Å²) in [6.45, 7) is 3.68. The van der Waals surface area contributed by atoms with Crippen molar-refractivity contribution in [2.24, 2.45) is 0 Å². The average molecular weight is 689 g/mol. The molecule has 0 rings (SSSR count). The molecule has 1 atom stereocenters. The normalized spacial score (nSPS) is 12.5. The van der Waals surface area contributed by atoms with Gasteiger partial charge in [-0.1, -0.05) is 161 Å². The molecule has 0 aliphatic heterocycles. The summed E-state index contributed by atoms with van der Waals surface area (Å²) in [6.07, 6.45) is 36.4. The maximum absolute atomic E-state index is 12.4. The summed E-state index contributed by atoms with van der Waals surface area (Å²) < 4.78 is 26.3. The van der Waals surface area contributed by atoms with E-state index in [0.29, 0.717) is 12.8 Å². The van der Waals surface area contributed by atoms with Crippen LogP contribution in [0.15, 0.2) is 12.2 Å². The molecule has 8 nitrogen and oxygen atoms in total. The zero-order valence-electron chi connectivity index (χ0n) is 30.4. The van der Waals surface area contributed by atoms with E-state index in [1.54, 1.807) is 0 Å². The zero-order valence-corrected chi connectivity index (χ0v) is 31.3. The topological polar surface area (TPSA) is 119 Å². The molecule has 0 fully saturated rings. The zero-order chi connectivity index (χ0) is 34.7. The van der Waals surface area contributed by atoms with E-state index in [-0.39, 0.29) is 19.4 Å². The number of rotatable bonds is 36. The van der Waals surface area contributed by atoms with E-state index in [9.17, 15) is 14.2 Å². The van der Waals surface area contributed by atoms with Gasteiger partial charge in [-0.3, -0.25) is 14.1 Å². The van der Waals surface area contributed by atoms with Crippen LogP contribution in [0.5, 0.6) is 0 Å². The van der Waals surface area contributed by atoms with Crippen molar-refractivity contribution in [1.82, 2.24) is 0 Å². The molecule has 9 heteroatoms. The van der Waals surface area contributed by atoms with Gasteiger partial charge in [0.05, 0.1) is 6.61 Å². The van der Waals surface area contributed by atoms with Crippen LogP contribution in [0.25, 0.3) is 0 Å². The number of ether oxygens (including phenoxy) is 2. The van der Waals surface area contributed by atoms with Crippen LogP contribution in [-0.2, 0) is 28.2 Å². The van der Waals surface area contributed by atoms with Crippen molar-refractivity contribution in [3.8, 4) is 0 Å². The second kappa shape index (κ2) is 34.6. The Morgan fingerprint density at radius 3 is 1.32 bits per heavy atom. The van der Waals surface area contributed by atoms with E-state index in [4.69, 9.17) is 19.3 Å². The number of unbranched alkanes of at least 4 members (excludes halogenated alkanes) is 24. The minimum Gasteiger partial charge on any atom is -0.462 e. The molecule has 0 radical (unpaired) electrons. The summed E-state index contributed by atoms with van der Waals surface area (Å²) in [6, 6.07) is 0. The van der Waals surface area contributed by atoms with E-state index < -0.39 is 32.5 Å². The third-order valence-corrected chi connectivity index (χ3v) is 9.02. The smallest absolute Gasteiger partial charge is 0.462 e. The van der Waals surface area contributed by atoms with Gasteiger partial charge in [-0.15, -0.1) is 0 Å². The molecule has 0 aromatic heterocycles. The summed E-state index contributed by atoms with van der Waals surface area (Å²) in [4.78, 5) is 42.7. The van der Waals surface area contributed by atoms with Gasteiger partial charge >= 0.3 is 19.8 Å². The predicted molar refractivity (Wildman–Crippen MR) is 193 cm³/mol. The first-order valence-electron chi connectivity index (χ1n) is 19.5. The molecule has 0 aliphatic carbocycles. The molecular formula is C38H73O8P. The quantitative estimate of drug-likeness (QED) is 0.0289. The molecule has 0 aromatic rings. The number of esters is 2. The van der Waals surface area contributed by atoms with Crippen molar-refractivity contribution in [1.29, 1.82) is 0 Å². The molecule has 0 saturated heterocycles. The van der Waals surface area contributed by atoms with Gasteiger partial charge in [0, 0.05) is 12.8 Å². The Morgan fingerprint density at radius 2 is 0.894 bits per heavy atom. The number of hydrogen-bond donors (Lipinski definition) is 2. The minimum atomic E-state index is -4.75. The summed E-state index contributed by atoms with van der Waals surface area (Å²) >= 11 is 0. The van der Waals surface area contributed by atoms with Crippen LogP contribution in [0.3, 0.4) is 0 Å². The summed E-state index contributed by atoms with van der Waals surface area (Å²) in [5.41, 5.74) is 0. The largest absolute Gasteiger partial charge is 0.469 e. The van der Waals surface area contributed by atoms with Crippen LogP contribution >= 0.6 is 7.82 Å². The second-order valence-corrected chi connectivity index (χ2v) is 14.5. The molecule has 0 unspecified atom stereocenters. The minimum absolute atomic E-state index is 0.214. The lowest BCUT2D eigenvalue weighted by molar-refractivity contribution is -0.161. The fourth-order valence-corrected chi connectivity index (χ4v) is 5.96. The van der Waals surface area contributed by atoms with Crippen LogP contribution in [0.2, 0.25) is 0 Å². The molecule has 278 valence electrons. The highest BCUT2D eigenvalue weighted by Crippen LogP contribution is 2.36. The SMILES string of the molecule is CCCCCCCCCC/C=C/CCCCCC(=O)OC[C@H](COP(=O)(O)O)OC(=O)CCCCCCCCCCCCCCCC. The van der Waals surface area contributed by atoms with Gasteiger partial charge in [0.15, 0.2) is 6.10 Å². The van der Waals surface area contributed by atoms with Gasteiger partial charge in [-0.2, -0.15) is 0 Å². The number of phosphoric ester groups is 1. The van der Waals surface area contributed by atoms with Gasteiger partial charge in [0.25, 0.3) is 0 Å². The van der Waals surface area contributed by atoms with Crippen LogP contribution in [0, 0.1) is 0 Å². The second-order valence-electron chi connectivity index (χ2n) is 13.3. The number of allylic oxidation sites excluding steroid dienone is 2. The summed E-state index contributed by atoms with van der Waals surface area (Å²) in [5.74, 6) is -0.894. The van der Waals surface area contributed by atoms with Crippen LogP contribution in [0.1, 0.15) is 200 Å². The molecule has 0 saturated carbocycles. The maximum Gasteiger partial charge on any atom is 0.469 e. The molecule has 0 heterocycles. The third kappa shape index (κ3) is 37.5. The van der Waals surface area contributed by atoms with Gasteiger partial charge in [0.2, 0.25) is 0 Å². The lowest BCUT2D eigenvalue weighted by Gasteiger charge is -2.18. The van der Waals surface area contributed by atoms with Gasteiger partial charge in [-0.05, 0) is 38.5 Å². The molecule has 2 N–H and O–H groups in total. The fourth-order valence-electron chi connectivity index (χ4n) is 5.60. The Labute approximate surface area is 288 Å². The monoisotopic (exact) mass is 689 g/mol. The van der Waals surface area contributed by atoms with E-state index in [2.05, 4.69) is 30.5 Å². The van der Waals surface area contributed by atoms with Crippen molar-refractivity contribution in [3.05, 3.63) is 12.2 Å². The summed E-state index contributed by atoms with van der Waals surface area (Å²) in [5, 5.41) is 0. The van der Waals surface area contributed by atoms with Crippen LogP contribution < -0.4 is 0 Å². The number of carbonyl (C=O) groups is 2. The van der Waals surface area contributed by atoms with Crippen molar-refractivity contribution in [2.45, 2.75) is 206 Å². The highest BCUT2D eigenvalue weighted by atomic mass is 31.2. The first kappa shape index (κ1) is 45.8. The number of phosphoric acid groups is 1. The first-order chi connectivity index (χ1) is 22.8. The number of hydrogen-bond acceptors (Lipinski definition) is 6. The Hall–Kier alpha value is -1.21. The highest BCUT2D eigenvalue weighted by molar-refractivity contribution is 7.46. The van der Waals surface area contributed by atoms with E-state index in [1.807, 2.05) is 0 Å². The summed E-state index contributed by atoms with van der Waals surface area (Å²) in [7, 11) is -4.75. The Balaban J connectivity index is 3.95. The van der Waals surface area contributed by atoms with Crippen molar-refractivity contribution < 1.29 is 37.9 Å². The molecule has 0 spiro atoms. The van der Waals surface area contributed by atoms with Crippen molar-refractivity contribution in [3.63, 3.8) is 0 Å². The Kier molecular flexibility index (Phi) is 33.8. The average Bonchev–Trinajstić information content (AvgIpc) is 3.03. The standard InChI is InChI=1S/C38H73O8P/c1-3-5-7-9-11-13-15-17-19-21-22-24-26-28-30-32-37(39)44-34-36(35-45-47(41,42)43)46-38(40)33-31-29-27-25-23-20-18-16-14-12-10-8-6-4-2/h21-22,36H,3-20,23-35H2,1-2H3,(H2,41,42,43)/b22-21+/t36-/m1/s1. The van der Waals surface area contributed by atoms with Crippen molar-refractivity contribution in [2.75, 3.05) is 13.2 Å². The molecule has 47 heavy (non-hydrogen) atoms. The van der Waals surface area contributed by atoms with E-state index >= 15 is 0 Å². The van der Waals surface area contributed by atoms with Crippen LogP contribution in [0.4, 0.5) is 0 Å².